The van der Waals surface area contributed by atoms with Gasteiger partial charge in [0.25, 0.3) is 11.8 Å². The lowest BCUT2D eigenvalue weighted by Gasteiger charge is -2.27. The summed E-state index contributed by atoms with van der Waals surface area (Å²) >= 11 is 3.16. The molecule has 2 N–H and O–H groups in total. The molecule has 1 aliphatic rings. The number of furan rings is 1. The summed E-state index contributed by atoms with van der Waals surface area (Å²) in [5, 5.41) is 5.94. The van der Waals surface area contributed by atoms with Gasteiger partial charge in [0.05, 0.1) is 0 Å². The lowest BCUT2D eigenvalue weighted by Crippen LogP contribution is -2.46. The summed E-state index contributed by atoms with van der Waals surface area (Å²) in [7, 11) is 0. The van der Waals surface area contributed by atoms with E-state index in [4.69, 9.17) is 4.42 Å². The molecule has 0 unspecified atom stereocenters. The Bertz CT molecular complexity index is 706. The van der Waals surface area contributed by atoms with E-state index in [0.29, 0.717) is 29.0 Å². The minimum Gasteiger partial charge on any atom is -0.444 e. The molecule has 0 spiro atoms. The Labute approximate surface area is 142 Å². The van der Waals surface area contributed by atoms with Crippen molar-refractivity contribution in [2.24, 2.45) is 0 Å². The average molecular weight is 378 g/mol. The van der Waals surface area contributed by atoms with Crippen molar-refractivity contribution in [2.45, 2.75) is 0 Å². The van der Waals surface area contributed by atoms with Crippen molar-refractivity contribution in [2.75, 3.05) is 31.5 Å². The minimum atomic E-state index is -0.336. The molecule has 1 aromatic heterocycles. The van der Waals surface area contributed by atoms with Gasteiger partial charge in [0.1, 0.15) is 0 Å². The highest BCUT2D eigenvalue weighted by molar-refractivity contribution is 9.10. The van der Waals surface area contributed by atoms with Gasteiger partial charge in [-0.05, 0) is 52.3 Å². The minimum absolute atomic E-state index is 0.0133. The van der Waals surface area contributed by atoms with Crippen LogP contribution in [0.4, 0.5) is 5.69 Å². The summed E-state index contributed by atoms with van der Waals surface area (Å²) in [5.74, 6) is -0.103. The topological polar surface area (TPSA) is 74.6 Å². The van der Waals surface area contributed by atoms with E-state index in [1.165, 1.54) is 0 Å². The number of benzene rings is 1. The molecule has 0 saturated carbocycles. The van der Waals surface area contributed by atoms with Crippen molar-refractivity contribution < 1.29 is 14.0 Å². The van der Waals surface area contributed by atoms with Gasteiger partial charge in [-0.15, -0.1) is 0 Å². The lowest BCUT2D eigenvalue weighted by atomic mass is 10.1. The quantitative estimate of drug-likeness (QED) is 0.860. The van der Waals surface area contributed by atoms with Gasteiger partial charge in [-0.3, -0.25) is 9.59 Å². The zero-order chi connectivity index (χ0) is 16.2. The Hall–Kier alpha value is -2.12. The standard InChI is InChI=1S/C16H16BrN3O3/c17-14-6-5-13(23-14)15(21)19-12-3-1-11(2-4-12)16(22)20-9-7-18-8-10-20/h1-6,18H,7-10H2,(H,19,21). The second-order valence-corrected chi connectivity index (χ2v) is 5.96. The summed E-state index contributed by atoms with van der Waals surface area (Å²) < 4.78 is 5.70. The van der Waals surface area contributed by atoms with Crippen LogP contribution >= 0.6 is 15.9 Å². The van der Waals surface area contributed by atoms with E-state index < -0.39 is 0 Å². The first kappa shape index (κ1) is 15.8. The van der Waals surface area contributed by atoms with Crippen LogP contribution in [0.3, 0.4) is 0 Å². The van der Waals surface area contributed by atoms with Crippen LogP contribution in [0.5, 0.6) is 0 Å². The highest BCUT2D eigenvalue weighted by Gasteiger charge is 2.18. The number of anilines is 1. The third-order valence-corrected chi connectivity index (χ3v) is 4.02. The molecular weight excluding hydrogens is 362 g/mol. The third kappa shape index (κ3) is 3.80. The van der Waals surface area contributed by atoms with Crippen LogP contribution in [0, 0.1) is 0 Å². The fraction of sp³-hybridized carbons (Fsp3) is 0.250. The fourth-order valence-electron chi connectivity index (χ4n) is 2.38. The summed E-state index contributed by atoms with van der Waals surface area (Å²) in [6.07, 6.45) is 0. The van der Waals surface area contributed by atoms with Gasteiger partial charge in [0.2, 0.25) is 0 Å². The zero-order valence-electron chi connectivity index (χ0n) is 12.3. The maximum Gasteiger partial charge on any atom is 0.291 e. The first-order chi connectivity index (χ1) is 11.1. The molecule has 6 nitrogen and oxygen atoms in total. The number of carbonyl (C=O) groups is 2. The van der Waals surface area contributed by atoms with Crippen LogP contribution in [-0.4, -0.2) is 42.9 Å². The molecule has 0 atom stereocenters. The molecule has 2 heterocycles. The molecule has 2 amide bonds. The van der Waals surface area contributed by atoms with Gasteiger partial charge < -0.3 is 20.0 Å². The predicted octanol–water partition coefficient (Wildman–Crippen LogP) is 2.34. The summed E-state index contributed by atoms with van der Waals surface area (Å²) in [6, 6.07) is 10.1. The van der Waals surface area contributed by atoms with Crippen LogP contribution in [0.25, 0.3) is 0 Å². The van der Waals surface area contributed by atoms with Gasteiger partial charge in [0, 0.05) is 37.4 Å². The van der Waals surface area contributed by atoms with E-state index in [-0.39, 0.29) is 17.6 Å². The lowest BCUT2D eigenvalue weighted by molar-refractivity contribution is 0.0735. The SMILES string of the molecule is O=C(Nc1ccc(C(=O)N2CCNCC2)cc1)c1ccc(Br)o1. The van der Waals surface area contributed by atoms with Crippen LogP contribution in [0.15, 0.2) is 45.5 Å². The van der Waals surface area contributed by atoms with Gasteiger partial charge in [-0.2, -0.15) is 0 Å². The molecule has 0 aliphatic carbocycles. The molecule has 0 radical (unpaired) electrons. The number of nitrogens with one attached hydrogen (secondary N) is 2. The van der Waals surface area contributed by atoms with Gasteiger partial charge in [-0.1, -0.05) is 0 Å². The number of rotatable bonds is 3. The van der Waals surface area contributed by atoms with Gasteiger partial charge >= 0.3 is 0 Å². The smallest absolute Gasteiger partial charge is 0.291 e. The van der Waals surface area contributed by atoms with E-state index >= 15 is 0 Å². The van der Waals surface area contributed by atoms with Crippen molar-refractivity contribution in [3.05, 3.63) is 52.4 Å². The molecule has 1 fully saturated rings. The maximum atomic E-state index is 12.3. The van der Waals surface area contributed by atoms with Crippen LogP contribution in [0.2, 0.25) is 0 Å². The Morgan fingerprint density at radius 2 is 1.78 bits per heavy atom. The monoisotopic (exact) mass is 377 g/mol. The Balaban J connectivity index is 1.64. The van der Waals surface area contributed by atoms with Crippen molar-refractivity contribution in [1.29, 1.82) is 0 Å². The number of carbonyl (C=O) groups excluding carboxylic acids is 2. The first-order valence-electron chi connectivity index (χ1n) is 7.30. The fourth-order valence-corrected chi connectivity index (χ4v) is 2.68. The zero-order valence-corrected chi connectivity index (χ0v) is 13.9. The molecule has 3 rings (SSSR count). The van der Waals surface area contributed by atoms with Crippen molar-refractivity contribution >= 4 is 33.4 Å². The molecular formula is C16H16BrN3O3. The summed E-state index contributed by atoms with van der Waals surface area (Å²) in [5.41, 5.74) is 1.23. The summed E-state index contributed by atoms with van der Waals surface area (Å²) in [6.45, 7) is 3.06. The summed E-state index contributed by atoms with van der Waals surface area (Å²) in [4.78, 5) is 26.2. The third-order valence-electron chi connectivity index (χ3n) is 3.59. The van der Waals surface area contributed by atoms with E-state index in [1.54, 1.807) is 36.4 Å². The molecule has 7 heteroatoms. The molecule has 1 saturated heterocycles. The Kier molecular flexibility index (Phi) is 4.78. The predicted molar refractivity (Wildman–Crippen MR) is 89.6 cm³/mol. The number of nitrogens with zero attached hydrogens (tertiary/aromatic N) is 1. The van der Waals surface area contributed by atoms with E-state index in [2.05, 4.69) is 26.6 Å². The second-order valence-electron chi connectivity index (χ2n) is 5.18. The van der Waals surface area contributed by atoms with E-state index in [1.807, 2.05) is 4.90 Å². The molecule has 23 heavy (non-hydrogen) atoms. The number of amides is 2. The first-order valence-corrected chi connectivity index (χ1v) is 8.09. The highest BCUT2D eigenvalue weighted by atomic mass is 79.9. The number of piperazine rings is 1. The van der Waals surface area contributed by atoms with Gasteiger partial charge in [0.15, 0.2) is 10.4 Å². The van der Waals surface area contributed by atoms with Crippen molar-refractivity contribution in [1.82, 2.24) is 10.2 Å². The normalized spacial score (nSPS) is 14.6. The second kappa shape index (κ2) is 6.97. The molecule has 1 aromatic carbocycles. The number of hydrogen-bond acceptors (Lipinski definition) is 4. The number of hydrogen-bond donors (Lipinski definition) is 2. The Morgan fingerprint density at radius 1 is 1.09 bits per heavy atom. The maximum absolute atomic E-state index is 12.3. The van der Waals surface area contributed by atoms with Crippen LogP contribution in [-0.2, 0) is 0 Å². The highest BCUT2D eigenvalue weighted by Crippen LogP contribution is 2.17. The van der Waals surface area contributed by atoms with E-state index in [0.717, 1.165) is 13.1 Å². The van der Waals surface area contributed by atoms with Crippen molar-refractivity contribution in [3.63, 3.8) is 0 Å². The largest absolute Gasteiger partial charge is 0.444 e. The number of halogens is 1. The Morgan fingerprint density at radius 3 is 2.39 bits per heavy atom. The van der Waals surface area contributed by atoms with Crippen LogP contribution < -0.4 is 10.6 Å². The average Bonchev–Trinajstić information content (AvgIpc) is 3.02. The molecule has 120 valence electrons. The van der Waals surface area contributed by atoms with Crippen LogP contribution in [0.1, 0.15) is 20.9 Å². The molecule has 0 bridgehead atoms. The van der Waals surface area contributed by atoms with Crippen molar-refractivity contribution in [3.8, 4) is 0 Å². The molecule has 2 aromatic rings. The van der Waals surface area contributed by atoms with Gasteiger partial charge in [-0.25, -0.2) is 0 Å². The van der Waals surface area contributed by atoms with E-state index in [9.17, 15) is 9.59 Å². The molecule has 1 aliphatic heterocycles.